The van der Waals surface area contributed by atoms with Crippen LogP contribution in [-0.4, -0.2) is 46.0 Å². The van der Waals surface area contributed by atoms with Crippen LogP contribution >= 0.6 is 11.8 Å². The molecular weight excluding hydrogens is 378 g/mol. The summed E-state index contributed by atoms with van der Waals surface area (Å²) in [6.45, 7) is 3.42. The molecule has 0 spiro atoms. The Hall–Kier alpha value is -1.54. The van der Waals surface area contributed by atoms with E-state index in [2.05, 4.69) is 38.8 Å². The number of hydrogen-bond acceptors (Lipinski definition) is 5. The number of anilines is 2. The molecule has 4 heterocycles. The van der Waals surface area contributed by atoms with Gasteiger partial charge in [0.1, 0.15) is 0 Å². The monoisotopic (exact) mass is 401 g/mol. The minimum absolute atomic E-state index is 0.329. The summed E-state index contributed by atoms with van der Waals surface area (Å²) in [6, 6.07) is 14.4. The molecule has 5 nitrogen and oxygen atoms in total. The average Bonchev–Trinajstić information content (AvgIpc) is 2.72. The van der Waals surface area contributed by atoms with Gasteiger partial charge in [-0.1, -0.05) is 23.9 Å². The molecule has 3 fully saturated rings. The van der Waals surface area contributed by atoms with Crippen molar-refractivity contribution >= 4 is 33.2 Å². The molecule has 4 aliphatic rings. The van der Waals surface area contributed by atoms with Crippen LogP contribution in [0.25, 0.3) is 0 Å². The minimum Gasteiger partial charge on any atom is -0.335 e. The van der Waals surface area contributed by atoms with Gasteiger partial charge in [0.05, 0.1) is 16.3 Å². The largest absolute Gasteiger partial charge is 0.335 e. The van der Waals surface area contributed by atoms with Crippen molar-refractivity contribution in [3.63, 3.8) is 0 Å². The molecule has 6 rings (SSSR count). The maximum Gasteiger partial charge on any atom is 0.240 e. The average molecular weight is 402 g/mol. The number of para-hydroxylation sites is 1. The van der Waals surface area contributed by atoms with Crippen molar-refractivity contribution in [2.24, 2.45) is 5.92 Å². The zero-order valence-electron chi connectivity index (χ0n) is 15.3. The standard InChI is InChI=1S/C20H23N3O2S2/c1-21-27(24,25)15-6-7-20-17(12-15)23(16-4-2-3-5-19(16)26-20)18-13-22-10-8-14(18)9-11-22/h2-7,12,14,18,21H,8-11,13H2,1H3. The summed E-state index contributed by atoms with van der Waals surface area (Å²) in [5.74, 6) is 0.656. The molecule has 4 aliphatic heterocycles. The number of fused-ring (bicyclic) bond motifs is 5. The lowest BCUT2D eigenvalue weighted by molar-refractivity contribution is 0.0891. The lowest BCUT2D eigenvalue weighted by Gasteiger charge is -2.51. The number of piperidine rings is 3. The SMILES string of the molecule is CNS(=O)(=O)c1ccc2c(c1)N(C1CN3CCC1CC3)c1ccccc1S2. The summed E-state index contributed by atoms with van der Waals surface area (Å²) < 4.78 is 27.2. The van der Waals surface area contributed by atoms with E-state index in [-0.39, 0.29) is 0 Å². The Morgan fingerprint density at radius 3 is 2.48 bits per heavy atom. The molecule has 3 saturated heterocycles. The summed E-state index contributed by atoms with van der Waals surface area (Å²) >= 11 is 1.73. The third-order valence-electron chi connectivity index (χ3n) is 6.07. The van der Waals surface area contributed by atoms with E-state index in [0.29, 0.717) is 16.9 Å². The van der Waals surface area contributed by atoms with Crippen LogP contribution in [0.15, 0.2) is 57.2 Å². The van der Waals surface area contributed by atoms with Gasteiger partial charge in [-0.2, -0.15) is 0 Å². The zero-order chi connectivity index (χ0) is 18.6. The Morgan fingerprint density at radius 1 is 1.04 bits per heavy atom. The molecule has 1 N–H and O–H groups in total. The van der Waals surface area contributed by atoms with Crippen molar-refractivity contribution < 1.29 is 8.42 Å². The highest BCUT2D eigenvalue weighted by Crippen LogP contribution is 2.51. The van der Waals surface area contributed by atoms with E-state index in [9.17, 15) is 8.42 Å². The molecule has 0 amide bonds. The molecule has 1 unspecified atom stereocenters. The molecule has 7 heteroatoms. The Kier molecular flexibility index (Phi) is 4.23. The van der Waals surface area contributed by atoms with Gasteiger partial charge < -0.3 is 9.80 Å². The number of hydrogen-bond donors (Lipinski definition) is 1. The van der Waals surface area contributed by atoms with Gasteiger partial charge in [-0.3, -0.25) is 0 Å². The fraction of sp³-hybridized carbons (Fsp3) is 0.400. The summed E-state index contributed by atoms with van der Waals surface area (Å²) in [7, 11) is -2.01. The number of sulfonamides is 1. The smallest absolute Gasteiger partial charge is 0.240 e. The van der Waals surface area contributed by atoms with Gasteiger partial charge >= 0.3 is 0 Å². The molecule has 0 aliphatic carbocycles. The van der Waals surface area contributed by atoms with Crippen molar-refractivity contribution in [2.45, 2.75) is 33.6 Å². The van der Waals surface area contributed by atoms with E-state index in [1.54, 1.807) is 17.8 Å². The quantitative estimate of drug-likeness (QED) is 0.855. The predicted octanol–water partition coefficient (Wildman–Crippen LogP) is 3.29. The van der Waals surface area contributed by atoms with Crippen molar-refractivity contribution in [3.05, 3.63) is 42.5 Å². The molecule has 2 bridgehead atoms. The van der Waals surface area contributed by atoms with Crippen molar-refractivity contribution in [3.8, 4) is 0 Å². The van der Waals surface area contributed by atoms with Crippen LogP contribution in [0, 0.1) is 5.92 Å². The van der Waals surface area contributed by atoms with Crippen molar-refractivity contribution in [2.75, 3.05) is 31.6 Å². The lowest BCUT2D eigenvalue weighted by atomic mass is 9.82. The van der Waals surface area contributed by atoms with Crippen LogP contribution in [-0.2, 0) is 10.0 Å². The van der Waals surface area contributed by atoms with E-state index < -0.39 is 10.0 Å². The Morgan fingerprint density at radius 2 is 1.78 bits per heavy atom. The topological polar surface area (TPSA) is 52.7 Å². The van der Waals surface area contributed by atoms with Crippen molar-refractivity contribution in [1.82, 2.24) is 9.62 Å². The van der Waals surface area contributed by atoms with Gasteiger partial charge in [0.15, 0.2) is 0 Å². The first-order valence-corrected chi connectivity index (χ1v) is 11.7. The van der Waals surface area contributed by atoms with Gasteiger partial charge in [0.2, 0.25) is 10.0 Å². The zero-order valence-corrected chi connectivity index (χ0v) is 16.9. The molecule has 0 radical (unpaired) electrons. The van der Waals surface area contributed by atoms with Gasteiger partial charge in [-0.05, 0) is 69.2 Å². The van der Waals surface area contributed by atoms with E-state index >= 15 is 0 Å². The van der Waals surface area contributed by atoms with Crippen LogP contribution in [0.1, 0.15) is 12.8 Å². The molecular formula is C20H23N3O2S2. The number of nitrogens with one attached hydrogen (secondary N) is 1. The van der Waals surface area contributed by atoms with Gasteiger partial charge in [-0.25, -0.2) is 13.1 Å². The minimum atomic E-state index is -3.47. The molecule has 27 heavy (non-hydrogen) atoms. The lowest BCUT2D eigenvalue weighted by Crippen LogP contribution is -2.56. The molecule has 0 saturated carbocycles. The Balaban J connectivity index is 1.66. The number of nitrogens with zero attached hydrogens (tertiary/aromatic N) is 2. The number of benzene rings is 2. The Labute approximate surface area is 164 Å². The summed E-state index contributed by atoms with van der Waals surface area (Å²) in [4.78, 5) is 7.66. The number of rotatable bonds is 3. The van der Waals surface area contributed by atoms with E-state index in [1.165, 1.54) is 43.6 Å². The first kappa shape index (κ1) is 17.6. The van der Waals surface area contributed by atoms with E-state index in [4.69, 9.17) is 0 Å². The Bertz CT molecular complexity index is 984. The van der Waals surface area contributed by atoms with Crippen LogP contribution in [0.5, 0.6) is 0 Å². The van der Waals surface area contributed by atoms with E-state index in [0.717, 1.165) is 17.1 Å². The fourth-order valence-electron chi connectivity index (χ4n) is 4.63. The fourth-order valence-corrected chi connectivity index (χ4v) is 6.43. The van der Waals surface area contributed by atoms with Gasteiger partial charge in [-0.15, -0.1) is 0 Å². The van der Waals surface area contributed by atoms with Crippen LogP contribution in [0.2, 0.25) is 0 Å². The first-order valence-electron chi connectivity index (χ1n) is 9.43. The first-order chi connectivity index (χ1) is 13.1. The molecule has 2 aromatic carbocycles. The third kappa shape index (κ3) is 2.88. The van der Waals surface area contributed by atoms with Crippen LogP contribution < -0.4 is 9.62 Å². The van der Waals surface area contributed by atoms with Gasteiger partial charge in [0, 0.05) is 22.4 Å². The highest BCUT2D eigenvalue weighted by molar-refractivity contribution is 7.99. The summed E-state index contributed by atoms with van der Waals surface area (Å²) in [5.41, 5.74) is 2.22. The third-order valence-corrected chi connectivity index (χ3v) is 8.61. The highest BCUT2D eigenvalue weighted by atomic mass is 32.2. The molecule has 142 valence electrons. The second-order valence-corrected chi connectivity index (χ2v) is 10.5. The van der Waals surface area contributed by atoms with Crippen LogP contribution in [0.3, 0.4) is 0 Å². The molecule has 2 aromatic rings. The maximum absolute atomic E-state index is 12.4. The summed E-state index contributed by atoms with van der Waals surface area (Å²) in [6.07, 6.45) is 2.45. The van der Waals surface area contributed by atoms with E-state index in [1.807, 2.05) is 12.1 Å². The van der Waals surface area contributed by atoms with Crippen molar-refractivity contribution in [1.29, 1.82) is 0 Å². The predicted molar refractivity (Wildman–Crippen MR) is 108 cm³/mol. The molecule has 1 atom stereocenters. The summed E-state index contributed by atoms with van der Waals surface area (Å²) in [5, 5.41) is 0. The normalized spacial score (nSPS) is 26.6. The molecule has 0 aromatic heterocycles. The second-order valence-electron chi connectivity index (χ2n) is 7.48. The van der Waals surface area contributed by atoms with Crippen LogP contribution in [0.4, 0.5) is 11.4 Å². The highest BCUT2D eigenvalue weighted by Gasteiger charge is 2.40. The maximum atomic E-state index is 12.4. The second kappa shape index (κ2) is 6.51. The van der Waals surface area contributed by atoms with Gasteiger partial charge in [0.25, 0.3) is 0 Å².